The molecule has 3 nitrogen and oxygen atoms in total. The van der Waals surface area contributed by atoms with Gasteiger partial charge in [-0.05, 0) is 30.9 Å². The fourth-order valence-electron chi connectivity index (χ4n) is 3.40. The van der Waals surface area contributed by atoms with Crippen LogP contribution in [0.4, 0.5) is 0 Å². The third-order valence-electron chi connectivity index (χ3n) is 4.69. The first-order chi connectivity index (χ1) is 9.77. The van der Waals surface area contributed by atoms with Crippen molar-refractivity contribution in [1.29, 1.82) is 0 Å². The Morgan fingerprint density at radius 2 is 1.85 bits per heavy atom. The number of thiazole rings is 1. The predicted molar refractivity (Wildman–Crippen MR) is 81.9 cm³/mol. The second kappa shape index (κ2) is 5.80. The third-order valence-corrected chi connectivity index (χ3v) is 5.73. The van der Waals surface area contributed by atoms with Crippen LogP contribution in [0.2, 0.25) is 0 Å². The van der Waals surface area contributed by atoms with Crippen molar-refractivity contribution in [1.82, 2.24) is 4.98 Å². The van der Waals surface area contributed by atoms with Crippen molar-refractivity contribution in [3.63, 3.8) is 0 Å². The highest BCUT2D eigenvalue weighted by Gasteiger charge is 2.40. The number of aliphatic hydroxyl groups excluding tert-OH is 2. The fourth-order valence-corrected chi connectivity index (χ4v) is 4.52. The summed E-state index contributed by atoms with van der Waals surface area (Å²) in [6.45, 7) is 0.0915. The molecule has 0 spiro atoms. The lowest BCUT2D eigenvalue weighted by molar-refractivity contribution is 0.00570. The highest BCUT2D eigenvalue weighted by Crippen LogP contribution is 2.42. The van der Waals surface area contributed by atoms with E-state index in [0.717, 1.165) is 23.4 Å². The Hall–Kier alpha value is -0.970. The zero-order valence-corrected chi connectivity index (χ0v) is 12.4. The summed E-state index contributed by atoms with van der Waals surface area (Å²) in [6.07, 6.45) is 5.35. The zero-order valence-electron chi connectivity index (χ0n) is 11.6. The van der Waals surface area contributed by atoms with Crippen LogP contribution in [0, 0.1) is 11.3 Å². The molecule has 0 atom stereocenters. The van der Waals surface area contributed by atoms with Crippen LogP contribution in [-0.2, 0) is 6.42 Å². The number of hydrogen-bond acceptors (Lipinski definition) is 4. The minimum Gasteiger partial charge on any atom is -0.396 e. The molecule has 0 bridgehead atoms. The number of nitrogens with zero attached hydrogens (tertiary/aromatic N) is 1. The lowest BCUT2D eigenvalue weighted by atomic mass is 9.73. The van der Waals surface area contributed by atoms with Gasteiger partial charge in [0.05, 0.1) is 28.4 Å². The molecule has 1 aromatic carbocycles. The molecule has 1 fully saturated rings. The van der Waals surface area contributed by atoms with Crippen molar-refractivity contribution >= 4 is 21.6 Å². The summed E-state index contributed by atoms with van der Waals surface area (Å²) in [5, 5.41) is 20.8. The number of hydrogen-bond donors (Lipinski definition) is 2. The number of aliphatic hydroxyl groups is 2. The first-order valence-electron chi connectivity index (χ1n) is 7.33. The maximum absolute atomic E-state index is 9.89. The van der Waals surface area contributed by atoms with Crippen LogP contribution in [0.3, 0.4) is 0 Å². The number of rotatable bonds is 5. The molecule has 20 heavy (non-hydrogen) atoms. The quantitative estimate of drug-likeness (QED) is 0.890. The number of aromatic nitrogens is 1. The lowest BCUT2D eigenvalue weighted by Gasteiger charge is -2.35. The smallest absolute Gasteiger partial charge is 0.0946 e. The van der Waals surface area contributed by atoms with Gasteiger partial charge in [-0.25, -0.2) is 4.98 Å². The molecule has 0 amide bonds. The molecule has 4 heteroatoms. The topological polar surface area (TPSA) is 53.4 Å². The number of fused-ring (bicyclic) bond motifs is 1. The van der Waals surface area contributed by atoms with E-state index in [1.165, 1.54) is 17.5 Å². The van der Waals surface area contributed by atoms with Crippen molar-refractivity contribution in [2.75, 3.05) is 13.2 Å². The molecule has 3 rings (SSSR count). The Balaban J connectivity index is 1.88. The highest BCUT2D eigenvalue weighted by atomic mass is 32.1. The molecule has 1 aliphatic rings. The Bertz CT molecular complexity index is 538. The van der Waals surface area contributed by atoms with Gasteiger partial charge in [-0.2, -0.15) is 0 Å². The summed E-state index contributed by atoms with van der Waals surface area (Å²) < 4.78 is 1.18. The van der Waals surface area contributed by atoms with Crippen LogP contribution < -0.4 is 0 Å². The van der Waals surface area contributed by atoms with Crippen LogP contribution in [0.5, 0.6) is 0 Å². The van der Waals surface area contributed by atoms with Crippen molar-refractivity contribution < 1.29 is 10.2 Å². The van der Waals surface area contributed by atoms with Crippen molar-refractivity contribution in [3.05, 3.63) is 29.3 Å². The molecule has 0 aliphatic heterocycles. The van der Waals surface area contributed by atoms with E-state index in [1.807, 2.05) is 18.2 Å². The molecule has 1 heterocycles. The largest absolute Gasteiger partial charge is 0.396 e. The van der Waals surface area contributed by atoms with Gasteiger partial charge in [-0.3, -0.25) is 0 Å². The molecule has 0 radical (unpaired) electrons. The van der Waals surface area contributed by atoms with Crippen LogP contribution in [-0.4, -0.2) is 28.4 Å². The Labute approximate surface area is 123 Å². The van der Waals surface area contributed by atoms with Gasteiger partial charge in [-0.15, -0.1) is 11.3 Å². The van der Waals surface area contributed by atoms with Gasteiger partial charge in [-0.1, -0.05) is 25.0 Å². The van der Waals surface area contributed by atoms with Gasteiger partial charge in [0.1, 0.15) is 0 Å². The van der Waals surface area contributed by atoms with E-state index in [0.29, 0.717) is 12.3 Å². The van der Waals surface area contributed by atoms with E-state index < -0.39 is 5.41 Å². The van der Waals surface area contributed by atoms with E-state index in [4.69, 9.17) is 0 Å². The molecule has 2 N–H and O–H groups in total. The summed E-state index contributed by atoms with van der Waals surface area (Å²) in [4.78, 5) is 4.66. The monoisotopic (exact) mass is 291 g/mol. The maximum Gasteiger partial charge on any atom is 0.0946 e. The Morgan fingerprint density at radius 1 is 1.15 bits per heavy atom. The van der Waals surface area contributed by atoms with E-state index in [-0.39, 0.29) is 13.2 Å². The van der Waals surface area contributed by atoms with E-state index >= 15 is 0 Å². The van der Waals surface area contributed by atoms with Crippen LogP contribution >= 0.6 is 11.3 Å². The van der Waals surface area contributed by atoms with Crippen LogP contribution in [0.25, 0.3) is 10.2 Å². The van der Waals surface area contributed by atoms with Crippen molar-refractivity contribution in [3.8, 4) is 0 Å². The minimum atomic E-state index is -0.398. The first-order valence-corrected chi connectivity index (χ1v) is 8.15. The second-order valence-corrected chi connectivity index (χ2v) is 7.03. The molecule has 0 saturated heterocycles. The van der Waals surface area contributed by atoms with Crippen LogP contribution in [0.15, 0.2) is 24.3 Å². The summed E-state index contributed by atoms with van der Waals surface area (Å²) in [5.41, 5.74) is 0.619. The van der Waals surface area contributed by atoms with E-state index in [2.05, 4.69) is 11.1 Å². The third kappa shape index (κ3) is 2.48. The minimum absolute atomic E-state index is 0.0457. The molecule has 1 aromatic heterocycles. The number of benzene rings is 1. The molecule has 2 aromatic rings. The lowest BCUT2D eigenvalue weighted by Crippen LogP contribution is -2.39. The van der Waals surface area contributed by atoms with Crippen molar-refractivity contribution in [2.45, 2.75) is 32.1 Å². The molecule has 1 saturated carbocycles. The molecule has 0 unspecified atom stereocenters. The van der Waals surface area contributed by atoms with Gasteiger partial charge in [0.2, 0.25) is 0 Å². The van der Waals surface area contributed by atoms with Gasteiger partial charge in [0.15, 0.2) is 0 Å². The summed E-state index contributed by atoms with van der Waals surface area (Å²) in [5.74, 6) is 0.421. The average Bonchev–Trinajstić information content (AvgIpc) is 3.13. The van der Waals surface area contributed by atoms with Gasteiger partial charge >= 0.3 is 0 Å². The predicted octanol–water partition coefficient (Wildman–Crippen LogP) is 3.00. The SMILES string of the molecule is OCC(CO)(Cc1nc2ccccc2s1)C1CCCC1. The second-order valence-electron chi connectivity index (χ2n) is 5.91. The Morgan fingerprint density at radius 3 is 2.50 bits per heavy atom. The highest BCUT2D eigenvalue weighted by molar-refractivity contribution is 7.18. The zero-order chi connectivity index (χ0) is 14.0. The summed E-state index contributed by atoms with van der Waals surface area (Å²) >= 11 is 1.68. The van der Waals surface area contributed by atoms with Gasteiger partial charge in [0.25, 0.3) is 0 Å². The fraction of sp³-hybridized carbons (Fsp3) is 0.562. The van der Waals surface area contributed by atoms with E-state index in [1.54, 1.807) is 11.3 Å². The summed E-state index contributed by atoms with van der Waals surface area (Å²) in [7, 11) is 0. The molecule has 108 valence electrons. The first kappa shape index (κ1) is 14.0. The standard InChI is InChI=1S/C16H21NO2S/c18-10-16(11-19,12-5-1-2-6-12)9-15-17-13-7-3-4-8-14(13)20-15/h3-4,7-8,12,18-19H,1-2,5-6,9-11H2. The molecular weight excluding hydrogens is 270 g/mol. The van der Waals surface area contributed by atoms with Crippen molar-refractivity contribution in [2.24, 2.45) is 11.3 Å². The maximum atomic E-state index is 9.89. The average molecular weight is 291 g/mol. The number of para-hydroxylation sites is 1. The summed E-state index contributed by atoms with van der Waals surface area (Å²) in [6, 6.07) is 8.11. The Kier molecular flexibility index (Phi) is 4.06. The van der Waals surface area contributed by atoms with Gasteiger partial charge < -0.3 is 10.2 Å². The van der Waals surface area contributed by atoms with Crippen LogP contribution in [0.1, 0.15) is 30.7 Å². The molecular formula is C16H21NO2S. The normalized spacial score (nSPS) is 17.1. The van der Waals surface area contributed by atoms with Gasteiger partial charge in [0, 0.05) is 11.8 Å². The van der Waals surface area contributed by atoms with E-state index in [9.17, 15) is 10.2 Å². The molecule has 1 aliphatic carbocycles.